The number of hydrogen-bond donors (Lipinski definition) is 2. The van der Waals surface area contributed by atoms with Gasteiger partial charge in [-0.25, -0.2) is 0 Å². The minimum absolute atomic E-state index is 0.306. The Balaban J connectivity index is 2.16. The summed E-state index contributed by atoms with van der Waals surface area (Å²) in [6, 6.07) is 10.4. The van der Waals surface area contributed by atoms with Gasteiger partial charge in [-0.15, -0.1) is 0 Å². The van der Waals surface area contributed by atoms with Gasteiger partial charge in [0.15, 0.2) is 0 Å². The quantitative estimate of drug-likeness (QED) is 0.243. The fourth-order valence-electron chi connectivity index (χ4n) is 3.65. The van der Waals surface area contributed by atoms with Gasteiger partial charge in [0, 0.05) is 13.0 Å². The first-order valence-electron chi connectivity index (χ1n) is 11.7. The van der Waals surface area contributed by atoms with Crippen LogP contribution in [-0.4, -0.2) is 28.9 Å². The van der Waals surface area contributed by atoms with Crippen molar-refractivity contribution in [3.05, 3.63) is 35.9 Å². The fraction of sp³-hybridized carbons (Fsp3) is 0.720. The molecule has 1 rings (SSSR count). The van der Waals surface area contributed by atoms with E-state index in [1.54, 1.807) is 0 Å². The van der Waals surface area contributed by atoms with Crippen LogP contribution in [-0.2, 0) is 16.1 Å². The van der Waals surface area contributed by atoms with E-state index in [9.17, 15) is 4.79 Å². The van der Waals surface area contributed by atoms with Gasteiger partial charge in [0.1, 0.15) is 0 Å². The van der Waals surface area contributed by atoms with Gasteiger partial charge in [0.2, 0.25) is 0 Å². The van der Waals surface area contributed by atoms with Crippen molar-refractivity contribution in [1.29, 1.82) is 0 Å². The second kappa shape index (κ2) is 18.6. The molecular formula is C25H42O4. The van der Waals surface area contributed by atoms with Crippen LogP contribution in [0, 0.1) is 0 Å². The molecule has 0 aliphatic carbocycles. The molecule has 1 aromatic carbocycles. The number of carboxylic acid groups (broad SMARTS) is 1. The maximum atomic E-state index is 10.5. The molecule has 0 saturated carbocycles. The average Bonchev–Trinajstić information content (AvgIpc) is 2.73. The maximum absolute atomic E-state index is 10.5. The van der Waals surface area contributed by atoms with Crippen molar-refractivity contribution in [2.24, 2.45) is 0 Å². The van der Waals surface area contributed by atoms with E-state index < -0.39 is 5.97 Å². The van der Waals surface area contributed by atoms with Crippen LogP contribution in [0.15, 0.2) is 30.3 Å². The maximum Gasteiger partial charge on any atom is 0.303 e. The number of benzene rings is 1. The molecule has 1 unspecified atom stereocenters. The Labute approximate surface area is 177 Å². The van der Waals surface area contributed by atoms with Crippen molar-refractivity contribution in [3.8, 4) is 0 Å². The molecule has 0 fully saturated rings. The summed E-state index contributed by atoms with van der Waals surface area (Å²) in [6.07, 6.45) is 16.4. The first kappa shape index (κ1) is 25.6. The second-order valence-electron chi connectivity index (χ2n) is 8.11. The first-order valence-corrected chi connectivity index (χ1v) is 11.7. The predicted molar refractivity (Wildman–Crippen MR) is 119 cm³/mol. The Hall–Kier alpha value is -1.39. The number of carbonyl (C=O) groups is 1. The number of aliphatic hydroxyl groups excluding tert-OH is 1. The Morgan fingerprint density at radius 1 is 0.759 bits per heavy atom. The lowest BCUT2D eigenvalue weighted by Gasteiger charge is -2.18. The molecule has 0 spiro atoms. The largest absolute Gasteiger partial charge is 0.481 e. The Morgan fingerprint density at radius 2 is 1.28 bits per heavy atom. The molecule has 166 valence electrons. The highest BCUT2D eigenvalue weighted by molar-refractivity contribution is 5.66. The lowest BCUT2D eigenvalue weighted by molar-refractivity contribution is -0.137. The lowest BCUT2D eigenvalue weighted by atomic mass is 10.0. The zero-order chi connectivity index (χ0) is 21.0. The molecular weight excluding hydrogens is 364 g/mol. The molecule has 0 radical (unpaired) electrons. The van der Waals surface area contributed by atoms with Gasteiger partial charge in [-0.1, -0.05) is 94.5 Å². The van der Waals surface area contributed by atoms with E-state index in [1.165, 1.54) is 50.5 Å². The summed E-state index contributed by atoms with van der Waals surface area (Å²) in [5.74, 6) is -0.681. The van der Waals surface area contributed by atoms with Gasteiger partial charge in [-0.05, 0) is 31.2 Å². The van der Waals surface area contributed by atoms with Gasteiger partial charge in [-0.3, -0.25) is 4.79 Å². The molecule has 4 nitrogen and oxygen atoms in total. The van der Waals surface area contributed by atoms with Crippen LogP contribution in [0.1, 0.15) is 102 Å². The third kappa shape index (κ3) is 16.1. The summed E-state index contributed by atoms with van der Waals surface area (Å²) >= 11 is 0. The van der Waals surface area contributed by atoms with Crippen molar-refractivity contribution in [2.75, 3.05) is 6.61 Å². The first-order chi connectivity index (χ1) is 14.2. The highest BCUT2D eigenvalue weighted by Gasteiger charge is 2.09. The van der Waals surface area contributed by atoms with Crippen LogP contribution in [0.5, 0.6) is 0 Å². The second-order valence-corrected chi connectivity index (χ2v) is 8.11. The molecule has 4 heteroatoms. The SMILES string of the molecule is O=C(O)CCCCCCCCCC(CCCCCCCO)OCc1ccccc1. The monoisotopic (exact) mass is 406 g/mol. The van der Waals surface area contributed by atoms with Gasteiger partial charge >= 0.3 is 5.97 Å². The summed E-state index contributed by atoms with van der Waals surface area (Å²) in [6.45, 7) is 1.00. The average molecular weight is 407 g/mol. The zero-order valence-corrected chi connectivity index (χ0v) is 18.2. The smallest absolute Gasteiger partial charge is 0.303 e. The van der Waals surface area contributed by atoms with Crippen LogP contribution >= 0.6 is 0 Å². The van der Waals surface area contributed by atoms with E-state index in [0.29, 0.717) is 25.7 Å². The normalized spacial score (nSPS) is 12.2. The van der Waals surface area contributed by atoms with Crippen LogP contribution in [0.2, 0.25) is 0 Å². The van der Waals surface area contributed by atoms with E-state index in [-0.39, 0.29) is 0 Å². The van der Waals surface area contributed by atoms with E-state index in [2.05, 4.69) is 24.3 Å². The number of rotatable bonds is 20. The van der Waals surface area contributed by atoms with Crippen molar-refractivity contribution in [1.82, 2.24) is 0 Å². The van der Waals surface area contributed by atoms with Gasteiger partial charge in [0.25, 0.3) is 0 Å². The number of ether oxygens (including phenoxy) is 1. The van der Waals surface area contributed by atoms with Crippen molar-refractivity contribution < 1.29 is 19.7 Å². The van der Waals surface area contributed by atoms with Crippen LogP contribution in [0.25, 0.3) is 0 Å². The van der Waals surface area contributed by atoms with Crippen molar-refractivity contribution in [2.45, 2.75) is 109 Å². The van der Waals surface area contributed by atoms with Crippen molar-refractivity contribution >= 4 is 5.97 Å². The van der Waals surface area contributed by atoms with Crippen LogP contribution in [0.3, 0.4) is 0 Å². The van der Waals surface area contributed by atoms with Crippen LogP contribution < -0.4 is 0 Å². The molecule has 2 N–H and O–H groups in total. The van der Waals surface area contributed by atoms with E-state index in [1.807, 2.05) is 6.07 Å². The molecule has 1 atom stereocenters. The summed E-state index contributed by atoms with van der Waals surface area (Å²) in [4.78, 5) is 10.5. The number of unbranched alkanes of at least 4 members (excludes halogenated alkanes) is 10. The Morgan fingerprint density at radius 3 is 1.83 bits per heavy atom. The molecule has 1 aromatic rings. The molecule has 0 aliphatic rings. The minimum atomic E-state index is -0.681. The third-order valence-electron chi connectivity index (χ3n) is 5.43. The number of aliphatic carboxylic acids is 1. The summed E-state index contributed by atoms with van der Waals surface area (Å²) in [7, 11) is 0. The van der Waals surface area contributed by atoms with Crippen LogP contribution in [0.4, 0.5) is 0 Å². The minimum Gasteiger partial charge on any atom is -0.481 e. The Kier molecular flexibility index (Phi) is 16.5. The molecule has 0 aliphatic heterocycles. The summed E-state index contributed by atoms with van der Waals surface area (Å²) in [5.41, 5.74) is 1.24. The Bertz CT molecular complexity index is 489. The van der Waals surface area contributed by atoms with Crippen molar-refractivity contribution in [3.63, 3.8) is 0 Å². The van der Waals surface area contributed by atoms with Gasteiger partial charge in [0.05, 0.1) is 12.7 Å². The lowest BCUT2D eigenvalue weighted by Crippen LogP contribution is -2.13. The predicted octanol–water partition coefficient (Wildman–Crippen LogP) is 6.50. The van der Waals surface area contributed by atoms with E-state index in [0.717, 1.165) is 44.9 Å². The van der Waals surface area contributed by atoms with Gasteiger partial charge < -0.3 is 14.9 Å². The number of hydrogen-bond acceptors (Lipinski definition) is 3. The van der Waals surface area contributed by atoms with E-state index in [4.69, 9.17) is 14.9 Å². The fourth-order valence-corrected chi connectivity index (χ4v) is 3.65. The summed E-state index contributed by atoms with van der Waals surface area (Å²) < 4.78 is 6.24. The topological polar surface area (TPSA) is 66.8 Å². The molecule has 0 heterocycles. The molecule has 29 heavy (non-hydrogen) atoms. The van der Waals surface area contributed by atoms with Gasteiger partial charge in [-0.2, -0.15) is 0 Å². The number of aliphatic hydroxyl groups is 1. The van der Waals surface area contributed by atoms with E-state index >= 15 is 0 Å². The highest BCUT2D eigenvalue weighted by atomic mass is 16.5. The number of carboxylic acids is 1. The summed E-state index contributed by atoms with van der Waals surface area (Å²) in [5, 5.41) is 17.5. The zero-order valence-electron chi connectivity index (χ0n) is 18.2. The molecule has 0 saturated heterocycles. The molecule has 0 amide bonds. The standard InChI is InChI=1S/C25H42O4/c26-21-15-8-4-6-13-19-24(29-22-23-16-10-9-11-17-23)18-12-5-2-1-3-7-14-20-25(27)28/h9-11,16-17,24,26H,1-8,12-15,18-22H2,(H,27,28). The highest BCUT2D eigenvalue weighted by Crippen LogP contribution is 2.18. The molecule has 0 aromatic heterocycles. The third-order valence-corrected chi connectivity index (χ3v) is 5.43. The molecule has 0 bridgehead atoms.